The van der Waals surface area contributed by atoms with E-state index < -0.39 is 16.0 Å². The number of hydrogen-bond donors (Lipinski definition) is 1. The molecular weight excluding hydrogens is 340 g/mol. The van der Waals surface area contributed by atoms with Crippen LogP contribution in [0.3, 0.4) is 0 Å². The Kier molecular flexibility index (Phi) is 4.64. The molecule has 0 saturated carbocycles. The molecule has 3 rings (SSSR count). The van der Waals surface area contributed by atoms with Crippen molar-refractivity contribution >= 4 is 27.6 Å². The lowest BCUT2D eigenvalue weighted by Crippen LogP contribution is -2.37. The Hall–Kier alpha value is -1.15. The molecule has 0 aromatic heterocycles. The molecule has 2 aliphatic rings. The summed E-state index contributed by atoms with van der Waals surface area (Å²) in [4.78, 5) is 13.3. The second-order valence-corrected chi connectivity index (χ2v) is 8.31. The lowest BCUT2D eigenvalue weighted by atomic mass is 10.2. The van der Waals surface area contributed by atoms with Gasteiger partial charge in [0.05, 0.1) is 10.6 Å². The number of likely N-dealkylation sites (tertiary alicyclic amines) is 1. The summed E-state index contributed by atoms with van der Waals surface area (Å²) in [5.74, 6) is -1.13. The van der Waals surface area contributed by atoms with E-state index in [0.29, 0.717) is 13.1 Å². The maximum Gasteiger partial charge on any atom is 0.335 e. The fourth-order valence-electron chi connectivity index (χ4n) is 3.32. The van der Waals surface area contributed by atoms with Gasteiger partial charge >= 0.3 is 5.97 Å². The molecule has 8 heteroatoms. The first-order valence-corrected chi connectivity index (χ1v) is 9.48. The fourth-order valence-corrected chi connectivity index (χ4v) is 5.33. The molecule has 0 amide bonds. The molecule has 0 bridgehead atoms. The van der Waals surface area contributed by atoms with Gasteiger partial charge in [-0.25, -0.2) is 13.2 Å². The number of aromatic carboxylic acids is 1. The lowest BCUT2D eigenvalue weighted by Gasteiger charge is -2.23. The van der Waals surface area contributed by atoms with E-state index in [2.05, 4.69) is 4.90 Å². The van der Waals surface area contributed by atoms with Crippen molar-refractivity contribution in [3.63, 3.8) is 0 Å². The quantitative estimate of drug-likeness (QED) is 0.889. The van der Waals surface area contributed by atoms with E-state index >= 15 is 0 Å². The van der Waals surface area contributed by atoms with Crippen LogP contribution in [0.2, 0.25) is 5.02 Å². The molecular formula is C15H19ClN2O4S. The van der Waals surface area contributed by atoms with Crippen LogP contribution < -0.4 is 0 Å². The molecule has 2 heterocycles. The van der Waals surface area contributed by atoms with Crippen molar-refractivity contribution in [3.05, 3.63) is 28.8 Å². The second kappa shape index (κ2) is 6.39. The van der Waals surface area contributed by atoms with Crippen LogP contribution in [0.15, 0.2) is 23.1 Å². The minimum absolute atomic E-state index is 0.0220. The van der Waals surface area contributed by atoms with Gasteiger partial charge in [0.25, 0.3) is 0 Å². The van der Waals surface area contributed by atoms with Gasteiger partial charge in [0.2, 0.25) is 10.0 Å². The van der Waals surface area contributed by atoms with E-state index in [1.165, 1.54) is 35.3 Å². The van der Waals surface area contributed by atoms with Crippen LogP contribution >= 0.6 is 11.6 Å². The summed E-state index contributed by atoms with van der Waals surface area (Å²) < 4.78 is 27.0. The van der Waals surface area contributed by atoms with Gasteiger partial charge < -0.3 is 5.11 Å². The number of carboxylic acids is 1. The molecule has 0 spiro atoms. The smallest absolute Gasteiger partial charge is 0.335 e. The van der Waals surface area contributed by atoms with E-state index in [1.54, 1.807) is 0 Å². The van der Waals surface area contributed by atoms with Crippen molar-refractivity contribution in [3.8, 4) is 0 Å². The molecule has 6 nitrogen and oxygen atoms in total. The minimum atomic E-state index is -3.69. The number of carboxylic acid groups (broad SMARTS) is 1. The van der Waals surface area contributed by atoms with Crippen LogP contribution in [0.25, 0.3) is 0 Å². The van der Waals surface area contributed by atoms with E-state index in [9.17, 15) is 13.2 Å². The predicted molar refractivity (Wildman–Crippen MR) is 86.4 cm³/mol. The van der Waals surface area contributed by atoms with E-state index in [-0.39, 0.29) is 21.5 Å². The third-order valence-corrected chi connectivity index (χ3v) is 6.93. The molecule has 2 aliphatic heterocycles. The second-order valence-electron chi connectivity index (χ2n) is 6.00. The molecule has 1 aromatic rings. The maximum atomic E-state index is 12.8. The number of halogens is 1. The predicted octanol–water partition coefficient (Wildman–Crippen LogP) is 1.90. The Morgan fingerprint density at radius 2 is 1.91 bits per heavy atom. The Bertz CT molecular complexity index is 716. The molecule has 2 saturated heterocycles. The monoisotopic (exact) mass is 358 g/mol. The summed E-state index contributed by atoms with van der Waals surface area (Å²) in [7, 11) is -3.69. The van der Waals surface area contributed by atoms with Gasteiger partial charge in [-0.05, 0) is 50.6 Å². The van der Waals surface area contributed by atoms with Gasteiger partial charge in [-0.15, -0.1) is 0 Å². The summed E-state index contributed by atoms with van der Waals surface area (Å²) in [6.45, 7) is 3.01. The Labute approximate surface area is 140 Å². The van der Waals surface area contributed by atoms with Crippen LogP contribution in [0.1, 0.15) is 29.6 Å². The topological polar surface area (TPSA) is 77.9 Å². The Balaban J connectivity index is 1.80. The van der Waals surface area contributed by atoms with Crippen LogP contribution in [-0.2, 0) is 10.0 Å². The van der Waals surface area contributed by atoms with E-state index in [0.717, 1.165) is 19.5 Å². The zero-order valence-electron chi connectivity index (χ0n) is 12.6. The summed E-state index contributed by atoms with van der Waals surface area (Å²) in [5, 5.41) is 8.90. The van der Waals surface area contributed by atoms with Crippen molar-refractivity contribution in [2.24, 2.45) is 0 Å². The fraction of sp³-hybridized carbons (Fsp3) is 0.533. The normalized spacial score (nSPS) is 23.4. The van der Waals surface area contributed by atoms with Gasteiger partial charge in [-0.3, -0.25) is 4.90 Å². The highest BCUT2D eigenvalue weighted by Gasteiger charge is 2.36. The number of carbonyl (C=O) groups is 1. The Morgan fingerprint density at radius 3 is 2.52 bits per heavy atom. The molecule has 0 aliphatic carbocycles. The number of benzene rings is 1. The van der Waals surface area contributed by atoms with Crippen molar-refractivity contribution in [2.45, 2.75) is 30.2 Å². The van der Waals surface area contributed by atoms with E-state index in [1.807, 2.05) is 0 Å². The van der Waals surface area contributed by atoms with Crippen molar-refractivity contribution in [1.29, 1.82) is 0 Å². The van der Waals surface area contributed by atoms with Crippen molar-refractivity contribution in [2.75, 3.05) is 26.2 Å². The summed E-state index contributed by atoms with van der Waals surface area (Å²) in [5.41, 5.74) is -0.0229. The minimum Gasteiger partial charge on any atom is -0.478 e. The van der Waals surface area contributed by atoms with Crippen LogP contribution in [0, 0.1) is 0 Å². The van der Waals surface area contributed by atoms with Crippen molar-refractivity contribution in [1.82, 2.24) is 9.21 Å². The molecule has 1 N–H and O–H groups in total. The molecule has 1 aromatic carbocycles. The molecule has 126 valence electrons. The molecule has 0 radical (unpaired) electrons. The molecule has 23 heavy (non-hydrogen) atoms. The van der Waals surface area contributed by atoms with Crippen LogP contribution in [-0.4, -0.2) is 60.9 Å². The first-order chi connectivity index (χ1) is 10.9. The number of nitrogens with zero attached hydrogens (tertiary/aromatic N) is 2. The third-order valence-electron chi connectivity index (χ3n) is 4.58. The standard InChI is InChI=1S/C15H19ClN2O4S/c16-13-9-11(15(19)20)3-4-14(13)23(21,22)18-8-5-12(10-18)17-6-1-2-7-17/h3-4,9,12H,1-2,5-8,10H2,(H,19,20). The third kappa shape index (κ3) is 3.24. The molecule has 2 fully saturated rings. The first kappa shape index (κ1) is 16.7. The Morgan fingerprint density at radius 1 is 1.22 bits per heavy atom. The summed E-state index contributed by atoms with van der Waals surface area (Å²) >= 11 is 6.02. The lowest BCUT2D eigenvalue weighted by molar-refractivity contribution is 0.0696. The zero-order chi connectivity index (χ0) is 16.6. The molecule has 1 unspecified atom stereocenters. The highest BCUT2D eigenvalue weighted by atomic mass is 35.5. The average Bonchev–Trinajstić information content (AvgIpc) is 3.17. The number of rotatable bonds is 4. The van der Waals surface area contributed by atoms with Gasteiger partial charge in [0, 0.05) is 19.1 Å². The first-order valence-electron chi connectivity index (χ1n) is 7.66. The van der Waals surface area contributed by atoms with E-state index in [4.69, 9.17) is 16.7 Å². The molecule has 1 atom stereocenters. The van der Waals surface area contributed by atoms with Crippen LogP contribution in [0.4, 0.5) is 0 Å². The average molecular weight is 359 g/mol. The highest BCUT2D eigenvalue weighted by Crippen LogP contribution is 2.30. The van der Waals surface area contributed by atoms with Gasteiger partial charge in [0.15, 0.2) is 0 Å². The summed E-state index contributed by atoms with van der Waals surface area (Å²) in [6, 6.07) is 4.01. The largest absolute Gasteiger partial charge is 0.478 e. The van der Waals surface area contributed by atoms with Crippen molar-refractivity contribution < 1.29 is 18.3 Å². The zero-order valence-corrected chi connectivity index (χ0v) is 14.2. The van der Waals surface area contributed by atoms with Gasteiger partial charge in [-0.2, -0.15) is 4.31 Å². The maximum absolute atomic E-state index is 12.8. The van der Waals surface area contributed by atoms with Gasteiger partial charge in [-0.1, -0.05) is 11.6 Å². The number of hydrogen-bond acceptors (Lipinski definition) is 4. The van der Waals surface area contributed by atoms with Gasteiger partial charge in [0.1, 0.15) is 4.90 Å². The SMILES string of the molecule is O=C(O)c1ccc(S(=O)(=O)N2CCC(N3CCCC3)C2)c(Cl)c1. The number of sulfonamides is 1. The highest BCUT2D eigenvalue weighted by molar-refractivity contribution is 7.89. The summed E-state index contributed by atoms with van der Waals surface area (Å²) in [6.07, 6.45) is 3.17. The van der Waals surface area contributed by atoms with Crippen LogP contribution in [0.5, 0.6) is 0 Å².